The number of hydrogen-bond donors (Lipinski definition) is 4. The molecule has 2 atom stereocenters. The lowest BCUT2D eigenvalue weighted by Crippen LogP contribution is -2.51. The highest BCUT2D eigenvalue weighted by atomic mass is 16.2. The molecule has 0 radical (unpaired) electrons. The lowest BCUT2D eigenvalue weighted by Gasteiger charge is -2.35. The SMILES string of the molecule is CNC(=O)CCC(C=O)N(C)c1ccc(N2CCC(CCCCN3CCC(C#Cc4ccc(C(C)NC(=O)c5cc(NC6CNC6)ccc5C)c5ccccc45)CC3)CC2)cc1N(C)C=O. The van der Waals surface area contributed by atoms with Crippen LogP contribution >= 0.6 is 0 Å². The Kier molecular flexibility index (Phi) is 16.8. The predicted octanol–water partition coefficient (Wildman–Crippen LogP) is 7.30. The summed E-state index contributed by atoms with van der Waals surface area (Å²) in [5, 5.41) is 14.9. The number of hydrogen-bond acceptors (Lipinski definition) is 9. The fourth-order valence-corrected chi connectivity index (χ4v) is 9.75. The summed E-state index contributed by atoms with van der Waals surface area (Å²) in [4.78, 5) is 57.8. The first-order chi connectivity index (χ1) is 32.0. The van der Waals surface area contributed by atoms with E-state index in [-0.39, 0.29) is 24.3 Å². The van der Waals surface area contributed by atoms with Gasteiger partial charge in [-0.15, -0.1) is 0 Å². The van der Waals surface area contributed by atoms with Crippen LogP contribution in [0.2, 0.25) is 0 Å². The average molecular weight is 895 g/mol. The Bertz CT molecular complexity index is 2370. The highest BCUT2D eigenvalue weighted by Gasteiger charge is 2.25. The fraction of sp³-hybridized carbons (Fsp3) is 0.481. The quantitative estimate of drug-likeness (QED) is 0.0436. The Hall–Kier alpha value is -5.90. The number of piperidine rings is 2. The highest BCUT2D eigenvalue weighted by Crippen LogP contribution is 2.36. The summed E-state index contributed by atoms with van der Waals surface area (Å²) < 4.78 is 0. The number of carbonyl (C=O) groups is 4. The van der Waals surface area contributed by atoms with E-state index < -0.39 is 6.04 Å². The van der Waals surface area contributed by atoms with Crippen LogP contribution in [0.5, 0.6) is 0 Å². The van der Waals surface area contributed by atoms with Gasteiger partial charge in [-0.05, 0) is 136 Å². The van der Waals surface area contributed by atoms with Crippen LogP contribution in [0.25, 0.3) is 10.8 Å². The van der Waals surface area contributed by atoms with Gasteiger partial charge in [0.05, 0.1) is 29.5 Å². The third kappa shape index (κ3) is 12.1. The smallest absolute Gasteiger partial charge is 0.252 e. The average Bonchev–Trinajstić information content (AvgIpc) is 3.33. The molecule has 7 rings (SSSR count). The standard InChI is InChI=1S/C54H70N8O4/c1-38-13-17-43(58-44-34-56-35-44)32-50(38)54(66)57-39(2)47-20-16-42(48-11-6-7-12-49(47)48)15-14-41-23-28-61(29-24-41)27-9-8-10-40-25-30-62(31-26-40)45-18-21-51(52(33-45)59(4)37-64)60(5)46(36-63)19-22-53(65)55-3/h6-7,11-13,16-18,20-21,32-33,36-37,39-41,44,46,56,58H,8-10,19,22-31,34-35H2,1-5H3,(H,55,65)(H,57,66). The van der Waals surface area contributed by atoms with Gasteiger partial charge in [0, 0.05) is 82.2 Å². The van der Waals surface area contributed by atoms with Crippen LogP contribution in [-0.4, -0.2) is 108 Å². The van der Waals surface area contributed by atoms with Gasteiger partial charge in [-0.3, -0.25) is 14.4 Å². The molecule has 3 fully saturated rings. The summed E-state index contributed by atoms with van der Waals surface area (Å²) in [5.74, 6) is 8.14. The van der Waals surface area contributed by atoms with E-state index in [1.165, 1.54) is 19.3 Å². The Morgan fingerprint density at radius 2 is 1.65 bits per heavy atom. The number of likely N-dealkylation sites (tertiary alicyclic amines) is 1. The van der Waals surface area contributed by atoms with Gasteiger partial charge in [0.15, 0.2) is 0 Å². The van der Waals surface area contributed by atoms with E-state index in [1.807, 2.05) is 43.1 Å². The number of fused-ring (bicyclic) bond motifs is 1. The van der Waals surface area contributed by atoms with Crippen molar-refractivity contribution in [3.63, 3.8) is 0 Å². The van der Waals surface area contributed by atoms with Gasteiger partial charge in [0.25, 0.3) is 5.91 Å². The number of anilines is 4. The Balaban J connectivity index is 0.845. The molecule has 66 heavy (non-hydrogen) atoms. The number of unbranched alkanes of at least 4 members (excludes halogenated alkanes) is 1. The van der Waals surface area contributed by atoms with E-state index in [0.29, 0.717) is 23.9 Å². The molecule has 2 unspecified atom stereocenters. The summed E-state index contributed by atoms with van der Waals surface area (Å²) in [6.07, 6.45) is 10.5. The number of amides is 3. The summed E-state index contributed by atoms with van der Waals surface area (Å²) in [6.45, 7) is 11.2. The molecule has 12 nitrogen and oxygen atoms in total. The predicted molar refractivity (Wildman–Crippen MR) is 269 cm³/mol. The number of likely N-dealkylation sites (N-methyl/N-ethyl adjacent to an activating group) is 1. The summed E-state index contributed by atoms with van der Waals surface area (Å²) in [5.41, 5.74) is 7.36. The molecule has 4 aromatic carbocycles. The van der Waals surface area contributed by atoms with Crippen molar-refractivity contribution in [2.45, 2.75) is 89.8 Å². The van der Waals surface area contributed by atoms with E-state index in [1.54, 1.807) is 19.0 Å². The molecular formula is C54H70N8O4. The molecule has 0 spiro atoms. The van der Waals surface area contributed by atoms with Crippen molar-refractivity contribution < 1.29 is 19.2 Å². The first-order valence-electron chi connectivity index (χ1n) is 24.1. The van der Waals surface area contributed by atoms with Gasteiger partial charge in [-0.2, -0.15) is 0 Å². The van der Waals surface area contributed by atoms with Crippen LogP contribution in [0, 0.1) is 30.6 Å². The molecule has 4 N–H and O–H groups in total. The Morgan fingerprint density at radius 1 is 0.894 bits per heavy atom. The lowest BCUT2D eigenvalue weighted by atomic mass is 9.91. The monoisotopic (exact) mass is 895 g/mol. The number of carbonyl (C=O) groups excluding carboxylic acids is 4. The second-order valence-electron chi connectivity index (χ2n) is 18.7. The molecule has 3 saturated heterocycles. The lowest BCUT2D eigenvalue weighted by molar-refractivity contribution is -0.120. The van der Waals surface area contributed by atoms with Crippen LogP contribution in [0.1, 0.15) is 97.8 Å². The van der Waals surface area contributed by atoms with Crippen LogP contribution in [0.3, 0.4) is 0 Å². The zero-order valence-corrected chi connectivity index (χ0v) is 39.7. The molecule has 3 aliphatic heterocycles. The Labute approximate surface area is 392 Å². The van der Waals surface area contributed by atoms with E-state index in [2.05, 4.69) is 98.4 Å². The van der Waals surface area contributed by atoms with Crippen molar-refractivity contribution in [2.24, 2.45) is 11.8 Å². The van der Waals surface area contributed by atoms with Crippen LogP contribution in [0.4, 0.5) is 22.7 Å². The third-order valence-corrected chi connectivity index (χ3v) is 14.2. The van der Waals surface area contributed by atoms with Crippen LogP contribution < -0.4 is 36.0 Å². The third-order valence-electron chi connectivity index (χ3n) is 14.2. The molecule has 12 heteroatoms. The zero-order chi connectivity index (χ0) is 46.6. The van der Waals surface area contributed by atoms with Crippen LogP contribution in [-0.2, 0) is 14.4 Å². The molecule has 350 valence electrons. The van der Waals surface area contributed by atoms with Crippen molar-refractivity contribution in [2.75, 3.05) is 87.0 Å². The Morgan fingerprint density at radius 3 is 2.35 bits per heavy atom. The topological polar surface area (TPSA) is 129 Å². The zero-order valence-electron chi connectivity index (χ0n) is 39.7. The number of nitrogens with one attached hydrogen (secondary N) is 4. The molecular weight excluding hydrogens is 825 g/mol. The normalized spacial score (nSPS) is 16.9. The van der Waals surface area contributed by atoms with Crippen molar-refractivity contribution in [3.8, 4) is 11.8 Å². The van der Waals surface area contributed by atoms with Crippen molar-refractivity contribution in [1.29, 1.82) is 0 Å². The van der Waals surface area contributed by atoms with Gasteiger partial charge >= 0.3 is 0 Å². The van der Waals surface area contributed by atoms with Crippen molar-refractivity contribution >= 4 is 58.0 Å². The van der Waals surface area contributed by atoms with Gasteiger partial charge in [-0.1, -0.05) is 61.1 Å². The fourth-order valence-electron chi connectivity index (χ4n) is 9.75. The van der Waals surface area contributed by atoms with Crippen LogP contribution in [0.15, 0.2) is 72.8 Å². The number of aldehydes is 1. The number of rotatable bonds is 19. The minimum absolute atomic E-state index is 0.0681. The molecule has 0 aliphatic carbocycles. The maximum Gasteiger partial charge on any atom is 0.252 e. The molecule has 4 aromatic rings. The van der Waals surface area contributed by atoms with Gasteiger partial charge in [0.1, 0.15) is 6.29 Å². The molecule has 0 aromatic heterocycles. The molecule has 3 heterocycles. The molecule has 0 bridgehead atoms. The number of benzene rings is 4. The highest BCUT2D eigenvalue weighted by molar-refractivity contribution is 5.98. The first-order valence-corrected chi connectivity index (χ1v) is 24.1. The number of aryl methyl sites for hydroxylation is 1. The maximum atomic E-state index is 13.6. The summed E-state index contributed by atoms with van der Waals surface area (Å²) >= 11 is 0. The molecule has 3 aliphatic rings. The van der Waals surface area contributed by atoms with Gasteiger partial charge < -0.3 is 45.7 Å². The van der Waals surface area contributed by atoms with Gasteiger partial charge in [0.2, 0.25) is 12.3 Å². The maximum absolute atomic E-state index is 13.6. The van der Waals surface area contributed by atoms with E-state index in [4.69, 9.17) is 0 Å². The minimum atomic E-state index is -0.484. The number of nitrogens with zero attached hydrogens (tertiary/aromatic N) is 4. The van der Waals surface area contributed by atoms with E-state index in [0.717, 1.165) is 140 Å². The summed E-state index contributed by atoms with van der Waals surface area (Å²) in [7, 11) is 5.17. The largest absolute Gasteiger partial charge is 0.380 e. The molecule has 3 amide bonds. The first kappa shape index (κ1) is 48.0. The summed E-state index contributed by atoms with van der Waals surface area (Å²) in [6, 6.07) is 24.6. The second-order valence-corrected chi connectivity index (χ2v) is 18.7. The van der Waals surface area contributed by atoms with Gasteiger partial charge in [-0.25, -0.2) is 0 Å². The molecule has 0 saturated carbocycles. The van der Waals surface area contributed by atoms with E-state index >= 15 is 0 Å². The van der Waals surface area contributed by atoms with Crippen molar-refractivity contribution in [1.82, 2.24) is 20.9 Å². The van der Waals surface area contributed by atoms with Crippen molar-refractivity contribution in [3.05, 3.63) is 95.1 Å². The second kappa shape index (κ2) is 23.0. The van der Waals surface area contributed by atoms with E-state index in [9.17, 15) is 19.2 Å². The minimum Gasteiger partial charge on any atom is -0.380 e.